The molecule has 1 aromatic rings. The zero-order valence-electron chi connectivity index (χ0n) is 11.2. The van der Waals surface area contributed by atoms with Crippen molar-refractivity contribution in [3.63, 3.8) is 0 Å². The fraction of sp³-hybridized carbons (Fsp3) is 0.625. The van der Waals surface area contributed by atoms with Gasteiger partial charge in [-0.15, -0.1) is 0 Å². The molecule has 0 saturated heterocycles. The average molecular weight is 244 g/mol. The van der Waals surface area contributed by atoms with Crippen molar-refractivity contribution in [1.82, 2.24) is 5.32 Å². The number of hydrogen-bond donors (Lipinski definition) is 2. The van der Waals surface area contributed by atoms with Crippen molar-refractivity contribution in [2.75, 3.05) is 6.54 Å². The van der Waals surface area contributed by atoms with E-state index in [9.17, 15) is 0 Å². The van der Waals surface area contributed by atoms with Crippen LogP contribution in [0.2, 0.25) is 0 Å². The Balaban J connectivity index is 1.61. The molecule has 2 heteroatoms. The normalized spacial score (nSPS) is 34.8. The third-order valence-corrected chi connectivity index (χ3v) is 4.72. The lowest BCUT2D eigenvalue weighted by atomic mass is 10.0. The van der Waals surface area contributed by atoms with Gasteiger partial charge in [0.15, 0.2) is 0 Å². The minimum absolute atomic E-state index is 0.223. The van der Waals surface area contributed by atoms with Gasteiger partial charge < -0.3 is 11.1 Å². The molecule has 0 amide bonds. The van der Waals surface area contributed by atoms with E-state index in [0.717, 1.165) is 24.8 Å². The summed E-state index contributed by atoms with van der Waals surface area (Å²) in [5.74, 6) is 1.80. The Hall–Kier alpha value is -0.860. The number of benzene rings is 1. The molecule has 3 rings (SSSR count). The van der Waals surface area contributed by atoms with Gasteiger partial charge in [0.05, 0.1) is 0 Å². The van der Waals surface area contributed by atoms with Gasteiger partial charge in [-0.1, -0.05) is 37.6 Å². The van der Waals surface area contributed by atoms with E-state index >= 15 is 0 Å². The van der Waals surface area contributed by atoms with Crippen LogP contribution >= 0.6 is 0 Å². The Bertz CT molecular complexity index is 415. The van der Waals surface area contributed by atoms with Gasteiger partial charge in [-0.25, -0.2) is 0 Å². The Morgan fingerprint density at radius 2 is 1.94 bits per heavy atom. The first-order valence-electron chi connectivity index (χ1n) is 7.32. The van der Waals surface area contributed by atoms with E-state index in [-0.39, 0.29) is 6.04 Å². The number of hydrogen-bond acceptors (Lipinski definition) is 2. The van der Waals surface area contributed by atoms with Crippen molar-refractivity contribution in [1.29, 1.82) is 0 Å². The van der Waals surface area contributed by atoms with Crippen LogP contribution in [-0.2, 0) is 0 Å². The van der Waals surface area contributed by atoms with E-state index in [1.165, 1.54) is 30.4 Å². The van der Waals surface area contributed by atoms with Gasteiger partial charge >= 0.3 is 0 Å². The van der Waals surface area contributed by atoms with Crippen LogP contribution in [-0.4, -0.2) is 6.54 Å². The molecule has 2 aliphatic rings. The zero-order chi connectivity index (χ0) is 12.5. The Morgan fingerprint density at radius 1 is 1.17 bits per heavy atom. The standard InChI is InChI=1S/C16H24N2/c1-11-6-7-12(8-11)10-18-16-9-15(17)13-4-2-3-5-14(13)16/h2-5,11-12,15-16,18H,6-10,17H2,1H3. The quantitative estimate of drug-likeness (QED) is 0.857. The summed E-state index contributed by atoms with van der Waals surface area (Å²) in [6, 6.07) is 9.34. The lowest BCUT2D eigenvalue weighted by Gasteiger charge is -2.17. The fourth-order valence-corrected chi connectivity index (χ4v) is 3.69. The van der Waals surface area contributed by atoms with Crippen molar-refractivity contribution >= 4 is 0 Å². The summed E-state index contributed by atoms with van der Waals surface area (Å²) >= 11 is 0. The second-order valence-corrected chi connectivity index (χ2v) is 6.22. The maximum Gasteiger partial charge on any atom is 0.0341 e. The summed E-state index contributed by atoms with van der Waals surface area (Å²) in [4.78, 5) is 0. The minimum Gasteiger partial charge on any atom is -0.324 e. The molecule has 1 saturated carbocycles. The lowest BCUT2D eigenvalue weighted by Crippen LogP contribution is -2.25. The maximum absolute atomic E-state index is 6.20. The fourth-order valence-electron chi connectivity index (χ4n) is 3.69. The molecule has 4 unspecified atom stereocenters. The smallest absolute Gasteiger partial charge is 0.0341 e. The molecule has 0 aromatic heterocycles. The van der Waals surface area contributed by atoms with E-state index in [2.05, 4.69) is 36.5 Å². The van der Waals surface area contributed by atoms with E-state index < -0.39 is 0 Å². The van der Waals surface area contributed by atoms with Crippen LogP contribution in [0.1, 0.15) is 55.8 Å². The first-order valence-corrected chi connectivity index (χ1v) is 7.32. The number of fused-ring (bicyclic) bond motifs is 1. The van der Waals surface area contributed by atoms with Crippen molar-refractivity contribution in [2.45, 2.75) is 44.7 Å². The summed E-state index contributed by atoms with van der Waals surface area (Å²) in [6.07, 6.45) is 5.26. The predicted octanol–water partition coefficient (Wildman–Crippen LogP) is 3.16. The third-order valence-electron chi connectivity index (χ3n) is 4.72. The second kappa shape index (κ2) is 5.02. The summed E-state index contributed by atoms with van der Waals surface area (Å²) in [5.41, 5.74) is 8.97. The van der Waals surface area contributed by atoms with E-state index in [1.54, 1.807) is 0 Å². The highest BCUT2D eigenvalue weighted by Gasteiger charge is 2.29. The van der Waals surface area contributed by atoms with Gasteiger partial charge in [0.1, 0.15) is 0 Å². The second-order valence-electron chi connectivity index (χ2n) is 6.22. The minimum atomic E-state index is 0.223. The zero-order valence-corrected chi connectivity index (χ0v) is 11.2. The molecule has 2 aliphatic carbocycles. The molecular weight excluding hydrogens is 220 g/mol. The molecule has 18 heavy (non-hydrogen) atoms. The molecule has 0 heterocycles. The number of nitrogens with two attached hydrogens (primary N) is 1. The molecule has 1 fully saturated rings. The van der Waals surface area contributed by atoms with Gasteiger partial charge in [-0.2, -0.15) is 0 Å². The molecular formula is C16H24N2. The number of nitrogens with one attached hydrogen (secondary N) is 1. The summed E-state index contributed by atoms with van der Waals surface area (Å²) in [6.45, 7) is 3.54. The summed E-state index contributed by atoms with van der Waals surface area (Å²) in [7, 11) is 0. The van der Waals surface area contributed by atoms with Crippen molar-refractivity contribution < 1.29 is 0 Å². The van der Waals surface area contributed by atoms with Gasteiger partial charge in [0.2, 0.25) is 0 Å². The Morgan fingerprint density at radius 3 is 2.67 bits per heavy atom. The molecule has 0 radical (unpaired) electrons. The predicted molar refractivity (Wildman–Crippen MR) is 75.2 cm³/mol. The molecule has 0 aliphatic heterocycles. The van der Waals surface area contributed by atoms with Crippen LogP contribution < -0.4 is 11.1 Å². The molecule has 3 N–H and O–H groups in total. The highest BCUT2D eigenvalue weighted by Crippen LogP contribution is 2.37. The summed E-state index contributed by atoms with van der Waals surface area (Å²) in [5, 5.41) is 3.75. The van der Waals surface area contributed by atoms with Gasteiger partial charge in [-0.3, -0.25) is 0 Å². The largest absolute Gasteiger partial charge is 0.324 e. The van der Waals surface area contributed by atoms with Gasteiger partial charge in [0.25, 0.3) is 0 Å². The van der Waals surface area contributed by atoms with Crippen molar-refractivity contribution in [3.8, 4) is 0 Å². The Labute approximate surface area is 110 Å². The first-order chi connectivity index (χ1) is 8.74. The van der Waals surface area contributed by atoms with Gasteiger partial charge in [0, 0.05) is 12.1 Å². The molecule has 98 valence electrons. The van der Waals surface area contributed by atoms with E-state index in [1.807, 2.05) is 0 Å². The van der Waals surface area contributed by atoms with E-state index in [4.69, 9.17) is 5.73 Å². The van der Waals surface area contributed by atoms with Crippen LogP contribution in [0.15, 0.2) is 24.3 Å². The molecule has 2 nitrogen and oxygen atoms in total. The van der Waals surface area contributed by atoms with E-state index in [0.29, 0.717) is 6.04 Å². The third kappa shape index (κ3) is 2.32. The van der Waals surface area contributed by atoms with Crippen LogP contribution in [0.3, 0.4) is 0 Å². The highest BCUT2D eigenvalue weighted by molar-refractivity contribution is 5.37. The topological polar surface area (TPSA) is 38.0 Å². The first kappa shape index (κ1) is 12.2. The van der Waals surface area contributed by atoms with Crippen LogP contribution in [0.4, 0.5) is 0 Å². The van der Waals surface area contributed by atoms with Gasteiger partial charge in [-0.05, 0) is 48.8 Å². The van der Waals surface area contributed by atoms with Crippen molar-refractivity contribution in [3.05, 3.63) is 35.4 Å². The molecule has 0 spiro atoms. The average Bonchev–Trinajstić information content (AvgIpc) is 2.92. The highest BCUT2D eigenvalue weighted by atomic mass is 14.9. The van der Waals surface area contributed by atoms with Crippen LogP contribution in [0.25, 0.3) is 0 Å². The van der Waals surface area contributed by atoms with Crippen LogP contribution in [0.5, 0.6) is 0 Å². The van der Waals surface area contributed by atoms with Crippen molar-refractivity contribution in [2.24, 2.45) is 17.6 Å². The molecule has 1 aromatic carbocycles. The number of rotatable bonds is 3. The molecule has 4 atom stereocenters. The maximum atomic E-state index is 6.20. The summed E-state index contributed by atoms with van der Waals surface area (Å²) < 4.78 is 0. The van der Waals surface area contributed by atoms with Crippen LogP contribution in [0, 0.1) is 11.8 Å². The Kier molecular flexibility index (Phi) is 3.40. The lowest BCUT2D eigenvalue weighted by molar-refractivity contribution is 0.416. The SMILES string of the molecule is CC1CCC(CNC2CC(N)c3ccccc32)C1. The monoisotopic (exact) mass is 244 g/mol. The molecule has 0 bridgehead atoms.